The number of benzene rings is 2. The molecule has 0 unspecified atom stereocenters. The number of methoxy groups -OCH3 is 1. The molecule has 22 heavy (non-hydrogen) atoms. The summed E-state index contributed by atoms with van der Waals surface area (Å²) in [6.07, 6.45) is 0.732. The van der Waals surface area contributed by atoms with Gasteiger partial charge in [-0.2, -0.15) is 0 Å². The Balaban J connectivity index is 2.16. The van der Waals surface area contributed by atoms with Crippen molar-refractivity contribution < 1.29 is 9.53 Å². The molecular weight excluding hydrogens is 274 g/mol. The Hall–Kier alpha value is -2.13. The topological polar surface area (TPSA) is 29.5 Å². The van der Waals surface area contributed by atoms with Gasteiger partial charge in [-0.05, 0) is 38.2 Å². The zero-order valence-corrected chi connectivity index (χ0v) is 13.5. The lowest BCUT2D eigenvalue weighted by Crippen LogP contribution is -2.29. The SMILES string of the molecule is COc1ccc(C[C@H](CN(C)C)C(=O)c2ccccc2)cc1. The van der Waals surface area contributed by atoms with E-state index in [2.05, 4.69) is 4.90 Å². The number of carbonyl (C=O) groups excluding carboxylic acids is 1. The molecule has 3 nitrogen and oxygen atoms in total. The largest absolute Gasteiger partial charge is 0.497 e. The van der Waals surface area contributed by atoms with Crippen LogP contribution in [-0.2, 0) is 6.42 Å². The highest BCUT2D eigenvalue weighted by molar-refractivity contribution is 5.98. The van der Waals surface area contributed by atoms with E-state index in [0.717, 1.165) is 29.8 Å². The van der Waals surface area contributed by atoms with E-state index in [-0.39, 0.29) is 11.7 Å². The monoisotopic (exact) mass is 297 g/mol. The smallest absolute Gasteiger partial charge is 0.167 e. The number of rotatable bonds is 7. The molecule has 0 saturated heterocycles. The zero-order chi connectivity index (χ0) is 15.9. The van der Waals surface area contributed by atoms with Crippen LogP contribution in [0.2, 0.25) is 0 Å². The molecule has 0 saturated carbocycles. The van der Waals surface area contributed by atoms with Gasteiger partial charge in [-0.25, -0.2) is 0 Å². The van der Waals surface area contributed by atoms with Gasteiger partial charge in [-0.1, -0.05) is 42.5 Å². The van der Waals surface area contributed by atoms with Crippen molar-refractivity contribution >= 4 is 5.78 Å². The summed E-state index contributed by atoms with van der Waals surface area (Å²) in [6, 6.07) is 17.5. The highest BCUT2D eigenvalue weighted by Gasteiger charge is 2.21. The predicted octanol–water partition coefficient (Wildman–Crippen LogP) is 3.30. The van der Waals surface area contributed by atoms with Crippen LogP contribution in [0.1, 0.15) is 15.9 Å². The number of nitrogens with zero attached hydrogens (tertiary/aromatic N) is 1. The third kappa shape index (κ3) is 4.43. The summed E-state index contributed by atoms with van der Waals surface area (Å²) >= 11 is 0. The summed E-state index contributed by atoms with van der Waals surface area (Å²) in [5.41, 5.74) is 1.93. The second kappa shape index (κ2) is 7.76. The molecule has 2 aromatic rings. The van der Waals surface area contributed by atoms with Crippen LogP contribution in [0.15, 0.2) is 54.6 Å². The molecule has 0 fully saturated rings. The molecule has 0 aromatic heterocycles. The standard InChI is InChI=1S/C19H23NO2/c1-20(2)14-17(19(21)16-7-5-4-6-8-16)13-15-9-11-18(22-3)12-10-15/h4-12,17H,13-14H2,1-3H3/t17-/m1/s1. The zero-order valence-electron chi connectivity index (χ0n) is 13.5. The molecule has 3 heteroatoms. The van der Waals surface area contributed by atoms with Crippen LogP contribution >= 0.6 is 0 Å². The summed E-state index contributed by atoms with van der Waals surface area (Å²) in [6.45, 7) is 0.736. The Morgan fingerprint density at radius 2 is 1.68 bits per heavy atom. The van der Waals surface area contributed by atoms with E-state index < -0.39 is 0 Å². The minimum Gasteiger partial charge on any atom is -0.497 e. The van der Waals surface area contributed by atoms with Crippen LogP contribution in [0.4, 0.5) is 0 Å². The molecule has 0 amide bonds. The first-order chi connectivity index (χ1) is 10.6. The van der Waals surface area contributed by atoms with Crippen LogP contribution in [-0.4, -0.2) is 38.4 Å². The van der Waals surface area contributed by atoms with Gasteiger partial charge in [0.25, 0.3) is 0 Å². The molecule has 0 N–H and O–H groups in total. The molecule has 0 heterocycles. The first kappa shape index (κ1) is 16.2. The second-order valence-corrected chi connectivity index (χ2v) is 5.74. The molecule has 2 rings (SSSR count). The fourth-order valence-corrected chi connectivity index (χ4v) is 2.57. The summed E-state index contributed by atoms with van der Waals surface area (Å²) in [5.74, 6) is 0.984. The van der Waals surface area contributed by atoms with Gasteiger partial charge in [0.05, 0.1) is 7.11 Å². The molecule has 0 bridgehead atoms. The van der Waals surface area contributed by atoms with E-state index in [0.29, 0.717) is 0 Å². The van der Waals surface area contributed by atoms with Gasteiger partial charge in [0.15, 0.2) is 5.78 Å². The van der Waals surface area contributed by atoms with E-state index in [9.17, 15) is 4.79 Å². The third-order valence-corrected chi connectivity index (χ3v) is 3.66. The van der Waals surface area contributed by atoms with Crippen molar-refractivity contribution in [1.82, 2.24) is 4.90 Å². The van der Waals surface area contributed by atoms with Crippen molar-refractivity contribution in [3.63, 3.8) is 0 Å². The van der Waals surface area contributed by atoms with Crippen molar-refractivity contribution in [1.29, 1.82) is 0 Å². The van der Waals surface area contributed by atoms with E-state index in [1.54, 1.807) is 7.11 Å². The summed E-state index contributed by atoms with van der Waals surface area (Å²) in [7, 11) is 5.65. The lowest BCUT2D eigenvalue weighted by atomic mass is 9.91. The summed E-state index contributed by atoms with van der Waals surface area (Å²) < 4.78 is 5.18. The van der Waals surface area contributed by atoms with Crippen molar-refractivity contribution in [3.05, 3.63) is 65.7 Å². The molecular formula is C19H23NO2. The number of ketones is 1. The fraction of sp³-hybridized carbons (Fsp3) is 0.316. The first-order valence-electron chi connectivity index (χ1n) is 7.47. The second-order valence-electron chi connectivity index (χ2n) is 5.74. The normalized spacial score (nSPS) is 12.2. The Bertz CT molecular complexity index is 591. The number of carbonyl (C=O) groups is 1. The van der Waals surface area contributed by atoms with Crippen LogP contribution in [0.3, 0.4) is 0 Å². The third-order valence-electron chi connectivity index (χ3n) is 3.66. The van der Waals surface area contributed by atoms with Gasteiger partial charge in [-0.3, -0.25) is 4.79 Å². The van der Waals surface area contributed by atoms with Crippen LogP contribution < -0.4 is 4.74 Å². The van der Waals surface area contributed by atoms with E-state index >= 15 is 0 Å². The maximum Gasteiger partial charge on any atom is 0.167 e. The average molecular weight is 297 g/mol. The number of Topliss-reactive ketones (excluding diaryl/α,β-unsaturated/α-hetero) is 1. The van der Waals surface area contributed by atoms with Gasteiger partial charge in [0, 0.05) is 18.0 Å². The van der Waals surface area contributed by atoms with Crippen molar-refractivity contribution in [2.24, 2.45) is 5.92 Å². The quantitative estimate of drug-likeness (QED) is 0.734. The Kier molecular flexibility index (Phi) is 5.73. The van der Waals surface area contributed by atoms with Gasteiger partial charge in [0.1, 0.15) is 5.75 Å². The molecule has 0 aliphatic rings. The Morgan fingerprint density at radius 1 is 1.05 bits per heavy atom. The Labute approximate surface area is 132 Å². The lowest BCUT2D eigenvalue weighted by Gasteiger charge is -2.20. The Morgan fingerprint density at radius 3 is 2.23 bits per heavy atom. The van der Waals surface area contributed by atoms with Gasteiger partial charge < -0.3 is 9.64 Å². The molecule has 0 spiro atoms. The van der Waals surface area contributed by atoms with Crippen molar-refractivity contribution in [2.45, 2.75) is 6.42 Å². The molecule has 116 valence electrons. The maximum absolute atomic E-state index is 12.8. The highest BCUT2D eigenvalue weighted by atomic mass is 16.5. The van der Waals surface area contributed by atoms with Crippen molar-refractivity contribution in [3.8, 4) is 5.75 Å². The molecule has 0 aliphatic carbocycles. The molecule has 0 radical (unpaired) electrons. The minimum atomic E-state index is -0.0502. The fourth-order valence-electron chi connectivity index (χ4n) is 2.57. The molecule has 0 aliphatic heterocycles. The maximum atomic E-state index is 12.8. The first-order valence-corrected chi connectivity index (χ1v) is 7.47. The number of hydrogen-bond donors (Lipinski definition) is 0. The summed E-state index contributed by atoms with van der Waals surface area (Å²) in [5, 5.41) is 0. The van der Waals surface area contributed by atoms with E-state index in [1.165, 1.54) is 0 Å². The summed E-state index contributed by atoms with van der Waals surface area (Å²) in [4.78, 5) is 14.8. The van der Waals surface area contributed by atoms with Crippen LogP contribution in [0.25, 0.3) is 0 Å². The predicted molar refractivity (Wildman–Crippen MR) is 89.5 cm³/mol. The lowest BCUT2D eigenvalue weighted by molar-refractivity contribution is 0.0896. The molecule has 2 aromatic carbocycles. The van der Waals surface area contributed by atoms with Gasteiger partial charge in [0.2, 0.25) is 0 Å². The van der Waals surface area contributed by atoms with Crippen molar-refractivity contribution in [2.75, 3.05) is 27.7 Å². The highest BCUT2D eigenvalue weighted by Crippen LogP contribution is 2.18. The van der Waals surface area contributed by atoms with Gasteiger partial charge >= 0.3 is 0 Å². The number of hydrogen-bond acceptors (Lipinski definition) is 3. The van der Waals surface area contributed by atoms with Gasteiger partial charge in [-0.15, -0.1) is 0 Å². The van der Waals surface area contributed by atoms with Crippen LogP contribution in [0, 0.1) is 5.92 Å². The molecule has 1 atom stereocenters. The average Bonchev–Trinajstić information content (AvgIpc) is 2.54. The van der Waals surface area contributed by atoms with E-state index in [1.807, 2.05) is 68.7 Å². The number of ether oxygens (including phenoxy) is 1. The van der Waals surface area contributed by atoms with Crippen LogP contribution in [0.5, 0.6) is 5.75 Å². The van der Waals surface area contributed by atoms with E-state index in [4.69, 9.17) is 4.74 Å². The minimum absolute atomic E-state index is 0.0502.